The van der Waals surface area contributed by atoms with Gasteiger partial charge in [-0.3, -0.25) is 0 Å². The number of fused-ring (bicyclic) bond motifs is 2. The molecule has 0 heterocycles. The first-order valence-corrected chi connectivity index (χ1v) is 21.4. The maximum absolute atomic E-state index is 12.1. The number of phenols is 2. The number of anilines is 2. The Bertz CT molecular complexity index is 3400. The van der Waals surface area contributed by atoms with Crippen molar-refractivity contribution in [3.63, 3.8) is 0 Å². The minimum atomic E-state index is -5.35. The summed E-state index contributed by atoms with van der Waals surface area (Å²) in [6.45, 7) is 1.57. The number of rotatable bonds is 10. The molecule has 0 bridgehead atoms. The molecule has 0 aliphatic rings. The van der Waals surface area contributed by atoms with Crippen molar-refractivity contribution in [2.45, 2.75) is 26.5 Å². The Labute approximate surface area is 860 Å². The summed E-state index contributed by atoms with van der Waals surface area (Å²) in [4.78, 5) is -3.81. The summed E-state index contributed by atoms with van der Waals surface area (Å²) < 4.78 is 141. The van der Waals surface area contributed by atoms with Crippen LogP contribution in [0.4, 0.5) is 45.5 Å². The molecule has 0 atom stereocenters. The van der Waals surface area contributed by atoms with Gasteiger partial charge in [-0.2, -0.15) is 20.5 Å². The van der Waals surface area contributed by atoms with Gasteiger partial charge in [-0.1, -0.05) is 0 Å². The standard InChI is InChI=1S/C33H26N8O14S4.4Li.16Na/c1-15-8-20(6-7-25(15)39-41-31-27(59(53,54)55)12-17-10-22(57(47,48)49)14-24(35)29(17)33(31)43)38-36-18-2-4-19(5-3-18)37-40-30-26(58(50,51)52)11-16-9-21(56(44,45)46)13-23(34)28(16)32(30)42;;;;;;;;;;;;;;;;;;;;/h2-14,42-43H,34-35H2,1H3,(H,44,45,46)(H,47,48,49)(H,50,51,52)(H,53,54,55);;;;;;;;;;;;;;;;;;;;/q;4*+1;;;;;;;;;;;;;;;;/p-4. The van der Waals surface area contributed by atoms with Gasteiger partial charge in [-0.25, -0.2) is 33.7 Å². The van der Waals surface area contributed by atoms with E-state index >= 15 is 0 Å². The number of hydrogen-bond donors (Lipinski definition) is 4. The van der Waals surface area contributed by atoms with E-state index in [0.29, 0.717) is 17.7 Å². The van der Waals surface area contributed by atoms with Crippen molar-refractivity contribution in [2.24, 2.45) is 30.7 Å². The molecule has 0 unspecified atom stereocenters. The molecule has 0 fully saturated rings. The number of phenolic OH excluding ortho intramolecular Hbond substituents is 2. The number of azo groups is 3. The number of benzene rings is 6. The molecule has 16 radical (unpaired) electrons. The predicted octanol–water partition coefficient (Wildman–Crippen LogP) is -12.3. The molecule has 0 saturated carbocycles. The summed E-state index contributed by atoms with van der Waals surface area (Å²) >= 11 is 0. The third-order valence-corrected chi connectivity index (χ3v) is 11.6. The average molecular weight is 1280 g/mol. The molecule has 6 aromatic carbocycles. The van der Waals surface area contributed by atoms with Gasteiger partial charge in [0.15, 0.2) is 11.5 Å². The van der Waals surface area contributed by atoms with Crippen LogP contribution in [-0.2, 0) is 40.5 Å². The maximum atomic E-state index is 12.1. The van der Waals surface area contributed by atoms with Crippen LogP contribution in [0.3, 0.4) is 0 Å². The van der Waals surface area contributed by atoms with E-state index in [1.54, 1.807) is 6.92 Å². The summed E-state index contributed by atoms with van der Waals surface area (Å²) in [5, 5.41) is 44.0. The van der Waals surface area contributed by atoms with Gasteiger partial charge in [0.05, 0.1) is 42.3 Å². The van der Waals surface area contributed by atoms with Crippen molar-refractivity contribution >= 4 is 580 Å². The van der Waals surface area contributed by atoms with Crippen LogP contribution in [0.15, 0.2) is 129 Å². The summed E-state index contributed by atoms with van der Waals surface area (Å²) in [6.07, 6.45) is 0. The molecule has 0 amide bonds. The minimum Gasteiger partial charge on any atom is -0.744 e. The van der Waals surface area contributed by atoms with Gasteiger partial charge in [0.2, 0.25) is 0 Å². The van der Waals surface area contributed by atoms with E-state index in [2.05, 4.69) is 30.7 Å². The third kappa shape index (κ3) is 36.5. The molecule has 0 aliphatic heterocycles. The van der Waals surface area contributed by atoms with Gasteiger partial charge in [0.1, 0.15) is 51.8 Å². The molecular formula is C33H22Li4N8Na16O14S4. The molecule has 0 aromatic heterocycles. The summed E-state index contributed by atoms with van der Waals surface area (Å²) in [5.74, 6) is -1.84. The maximum Gasteiger partial charge on any atom is 1.00 e. The Morgan fingerprint density at radius 2 is 0.658 bits per heavy atom. The molecular weight excluding hydrogens is 1260 g/mol. The van der Waals surface area contributed by atoms with Crippen molar-refractivity contribution in [3.05, 3.63) is 84.4 Å². The Morgan fingerprint density at radius 3 is 0.949 bits per heavy atom. The number of hydrogen-bond acceptors (Lipinski definition) is 22. The Balaban J connectivity index is -0.000000158. The summed E-state index contributed by atoms with van der Waals surface area (Å²) in [5.41, 5.74) is 10.4. The van der Waals surface area contributed by atoms with E-state index in [-0.39, 0.29) is 593 Å². The molecule has 0 saturated heterocycles. The Kier molecular flexibility index (Phi) is 91.5. The van der Waals surface area contributed by atoms with E-state index < -0.39 is 94.3 Å². The zero-order valence-electron chi connectivity index (χ0n) is 49.3. The first kappa shape index (κ1) is 127. The largest absolute Gasteiger partial charge is 1.00 e. The van der Waals surface area contributed by atoms with Gasteiger partial charge in [0.25, 0.3) is 0 Å². The topological polar surface area (TPSA) is 395 Å². The molecule has 6 aromatic rings. The number of aryl methyl sites for hydroxylation is 1. The molecule has 22 nitrogen and oxygen atoms in total. The molecule has 79 heavy (non-hydrogen) atoms. The third-order valence-electron chi connectivity index (χ3n) is 8.26. The normalized spacial score (nSPS) is 9.78. The fraction of sp³-hybridized carbons (Fsp3) is 0.0303. The summed E-state index contributed by atoms with van der Waals surface area (Å²) in [6, 6.07) is 14.3. The first-order chi connectivity index (χ1) is 27.3. The van der Waals surface area contributed by atoms with Crippen LogP contribution >= 0.6 is 0 Å². The van der Waals surface area contributed by atoms with Crippen LogP contribution in [0, 0.1) is 6.92 Å². The van der Waals surface area contributed by atoms with Crippen molar-refractivity contribution < 1.29 is 138 Å². The van der Waals surface area contributed by atoms with Crippen molar-refractivity contribution in [2.75, 3.05) is 11.5 Å². The fourth-order valence-electron chi connectivity index (χ4n) is 5.57. The second-order valence-electron chi connectivity index (χ2n) is 12.3. The number of nitrogens with two attached hydrogens (primary N) is 2. The van der Waals surface area contributed by atoms with E-state index in [9.17, 15) is 62.1 Å². The predicted molar refractivity (Wildman–Crippen MR) is 294 cm³/mol. The molecule has 322 valence electrons. The van der Waals surface area contributed by atoms with E-state index in [1.165, 1.54) is 42.5 Å². The van der Waals surface area contributed by atoms with Gasteiger partial charge in [-0.15, -0.1) is 10.2 Å². The van der Waals surface area contributed by atoms with Crippen LogP contribution in [0.2, 0.25) is 0 Å². The molecule has 0 aliphatic carbocycles. The second kappa shape index (κ2) is 56.7. The van der Waals surface area contributed by atoms with E-state index in [0.717, 1.165) is 24.3 Å². The van der Waals surface area contributed by atoms with E-state index in [1.807, 2.05) is 0 Å². The Morgan fingerprint density at radius 1 is 0.380 bits per heavy atom. The van der Waals surface area contributed by atoms with Crippen LogP contribution < -0.4 is 86.9 Å². The molecule has 6 rings (SSSR count). The van der Waals surface area contributed by atoms with Crippen molar-refractivity contribution in [1.82, 2.24) is 0 Å². The molecule has 0 spiro atoms. The smallest absolute Gasteiger partial charge is 0.744 e. The van der Waals surface area contributed by atoms with Crippen molar-refractivity contribution in [1.29, 1.82) is 0 Å². The number of nitrogens with zero attached hydrogens (tertiary/aromatic N) is 6. The van der Waals surface area contributed by atoms with Crippen LogP contribution in [-0.4, -0.2) is 535 Å². The van der Waals surface area contributed by atoms with Crippen LogP contribution in [0.5, 0.6) is 11.5 Å². The molecule has 46 heteroatoms. The zero-order chi connectivity index (χ0) is 43.4. The average Bonchev–Trinajstić information content (AvgIpc) is 3.12. The second-order valence-corrected chi connectivity index (χ2v) is 17.7. The van der Waals surface area contributed by atoms with Gasteiger partial charge >= 0.3 is 75.4 Å². The van der Waals surface area contributed by atoms with E-state index in [4.69, 9.17) is 11.5 Å². The zero-order valence-corrected chi connectivity index (χ0v) is 84.5. The quantitative estimate of drug-likeness (QED) is 0.0428. The van der Waals surface area contributed by atoms with Gasteiger partial charge < -0.3 is 39.9 Å². The van der Waals surface area contributed by atoms with Gasteiger partial charge in [-0.05, 0) is 102 Å². The summed E-state index contributed by atoms with van der Waals surface area (Å²) in [7, 11) is -20.8. The number of nitrogen functional groups attached to an aromatic ring is 2. The first-order valence-electron chi connectivity index (χ1n) is 15.8. The fourth-order valence-corrected chi connectivity index (χ4v) is 7.95. The monoisotopic (exact) mass is 1280 g/mol. The van der Waals surface area contributed by atoms with Crippen LogP contribution in [0.1, 0.15) is 5.56 Å². The van der Waals surface area contributed by atoms with Crippen LogP contribution in [0.25, 0.3) is 21.5 Å². The number of aromatic hydroxyl groups is 2. The van der Waals surface area contributed by atoms with Gasteiger partial charge in [0, 0.05) is 495 Å². The van der Waals surface area contributed by atoms with Crippen molar-refractivity contribution in [3.8, 4) is 11.5 Å². The molecule has 6 N–H and O–H groups in total. The minimum absolute atomic E-state index is 0. The SMILES string of the molecule is Cc1cc(N=Nc2ccc(N=Nc3c(S(=O)(=O)[O-])cc4cc(S(=O)(=O)[O-])cc(N)c4c3O)cc2)ccc1N=Nc1c(S(=O)(=O)[O-])cc2cc(S(=O)(=O)[O-])cc(N)c2c1O.[Li+].[Li+].[Li+].[Li+].[Na].[Na].[Na].[Na].[Na].[Na].[Na].[Na].[Na].[Na].[Na].[Na].[Na].[Na].[Na].[Na]. The Hall–Kier alpha value is 11.9.